The second-order valence-corrected chi connectivity index (χ2v) is 4.63. The fourth-order valence-electron chi connectivity index (χ4n) is 2.67. The molecule has 1 unspecified atom stereocenters. The van der Waals surface area contributed by atoms with E-state index in [1.807, 2.05) is 12.1 Å². The van der Waals surface area contributed by atoms with Crippen LogP contribution < -0.4 is 10.1 Å². The molecule has 1 aliphatic heterocycles. The van der Waals surface area contributed by atoms with E-state index in [-0.39, 0.29) is 6.04 Å². The summed E-state index contributed by atoms with van der Waals surface area (Å²) < 4.78 is 13.1. The van der Waals surface area contributed by atoms with Crippen LogP contribution in [0.15, 0.2) is 24.4 Å². The Kier molecular flexibility index (Phi) is 2.97. The zero-order valence-electron chi connectivity index (χ0n) is 10.8. The van der Waals surface area contributed by atoms with Crippen LogP contribution in [0, 0.1) is 0 Å². The second kappa shape index (κ2) is 4.63. The van der Waals surface area contributed by atoms with Crippen LogP contribution in [0.1, 0.15) is 11.6 Å². The molecule has 3 rings (SSSR count). The number of para-hydroxylation sites is 1. The van der Waals surface area contributed by atoms with Gasteiger partial charge >= 0.3 is 0 Å². The first-order chi connectivity index (χ1) is 8.81. The van der Waals surface area contributed by atoms with Gasteiger partial charge in [0.2, 0.25) is 0 Å². The number of nitrogens with zero attached hydrogens (tertiary/aromatic N) is 1. The predicted octanol–water partition coefficient (Wildman–Crippen LogP) is 1.85. The SMILES string of the molecule is COc1cccc2c(C3COCCN3)cn(C)c12. The first kappa shape index (κ1) is 11.6. The molecule has 0 aliphatic carbocycles. The molecular formula is C14H18N2O2. The molecule has 0 saturated carbocycles. The summed E-state index contributed by atoms with van der Waals surface area (Å²) in [4.78, 5) is 0. The molecule has 1 aromatic carbocycles. The largest absolute Gasteiger partial charge is 0.495 e. The molecule has 4 heteroatoms. The lowest BCUT2D eigenvalue weighted by Crippen LogP contribution is -2.34. The molecule has 2 heterocycles. The maximum Gasteiger partial charge on any atom is 0.143 e. The highest BCUT2D eigenvalue weighted by Crippen LogP contribution is 2.32. The van der Waals surface area contributed by atoms with Gasteiger partial charge < -0.3 is 19.4 Å². The fraction of sp³-hybridized carbons (Fsp3) is 0.429. The summed E-state index contributed by atoms with van der Waals surface area (Å²) in [5.41, 5.74) is 2.42. The van der Waals surface area contributed by atoms with Gasteiger partial charge in [-0.25, -0.2) is 0 Å². The highest BCUT2D eigenvalue weighted by Gasteiger charge is 2.20. The molecule has 96 valence electrons. The van der Waals surface area contributed by atoms with Crippen molar-refractivity contribution in [3.05, 3.63) is 30.0 Å². The molecule has 1 aromatic heterocycles. The van der Waals surface area contributed by atoms with E-state index < -0.39 is 0 Å². The molecule has 0 bridgehead atoms. The number of ether oxygens (including phenoxy) is 2. The number of hydrogen-bond acceptors (Lipinski definition) is 3. The number of nitrogens with one attached hydrogen (secondary N) is 1. The van der Waals surface area contributed by atoms with Gasteiger partial charge in [-0.2, -0.15) is 0 Å². The molecular weight excluding hydrogens is 228 g/mol. The number of methoxy groups -OCH3 is 1. The maximum atomic E-state index is 5.55. The summed E-state index contributed by atoms with van der Waals surface area (Å²) in [6.45, 7) is 2.44. The number of morpholine rings is 1. The molecule has 1 atom stereocenters. The van der Waals surface area contributed by atoms with Gasteiger partial charge in [0, 0.05) is 25.2 Å². The van der Waals surface area contributed by atoms with Gasteiger partial charge in [0.25, 0.3) is 0 Å². The smallest absolute Gasteiger partial charge is 0.143 e. The van der Waals surface area contributed by atoms with Gasteiger partial charge in [0.1, 0.15) is 5.75 Å². The van der Waals surface area contributed by atoms with Gasteiger partial charge in [-0.15, -0.1) is 0 Å². The Morgan fingerprint density at radius 1 is 1.44 bits per heavy atom. The van der Waals surface area contributed by atoms with Crippen LogP contribution in [-0.4, -0.2) is 31.4 Å². The zero-order valence-corrected chi connectivity index (χ0v) is 10.8. The number of rotatable bonds is 2. The molecule has 1 N–H and O–H groups in total. The standard InChI is InChI=1S/C14H18N2O2/c1-16-8-11(12-9-18-7-6-15-12)10-4-3-5-13(17-2)14(10)16/h3-5,8,12,15H,6-7,9H2,1-2H3. The van der Waals surface area contributed by atoms with E-state index in [2.05, 4.69) is 29.2 Å². The minimum absolute atomic E-state index is 0.273. The Labute approximate surface area is 106 Å². The van der Waals surface area contributed by atoms with E-state index in [1.165, 1.54) is 10.9 Å². The first-order valence-electron chi connectivity index (χ1n) is 6.24. The number of aromatic nitrogens is 1. The van der Waals surface area contributed by atoms with E-state index in [9.17, 15) is 0 Å². The minimum atomic E-state index is 0.273. The van der Waals surface area contributed by atoms with Crippen molar-refractivity contribution in [2.24, 2.45) is 7.05 Å². The molecule has 4 nitrogen and oxygen atoms in total. The highest BCUT2D eigenvalue weighted by molar-refractivity contribution is 5.89. The Bertz CT molecular complexity index is 556. The third kappa shape index (κ3) is 1.78. The van der Waals surface area contributed by atoms with Gasteiger partial charge in [-0.3, -0.25) is 0 Å². The van der Waals surface area contributed by atoms with Gasteiger partial charge in [0.05, 0.1) is 31.9 Å². The third-order valence-corrected chi connectivity index (χ3v) is 3.51. The zero-order chi connectivity index (χ0) is 12.5. The van der Waals surface area contributed by atoms with Gasteiger partial charge in [-0.1, -0.05) is 12.1 Å². The molecule has 0 radical (unpaired) electrons. The lowest BCUT2D eigenvalue weighted by molar-refractivity contribution is 0.0772. The summed E-state index contributed by atoms with van der Waals surface area (Å²) in [6, 6.07) is 6.45. The number of aryl methyl sites for hydroxylation is 1. The second-order valence-electron chi connectivity index (χ2n) is 4.63. The number of benzene rings is 1. The van der Waals surface area contributed by atoms with Crippen LogP contribution in [-0.2, 0) is 11.8 Å². The van der Waals surface area contributed by atoms with Crippen LogP contribution in [0.25, 0.3) is 10.9 Å². The van der Waals surface area contributed by atoms with Crippen molar-refractivity contribution in [2.75, 3.05) is 26.9 Å². The lowest BCUT2D eigenvalue weighted by Gasteiger charge is -2.23. The third-order valence-electron chi connectivity index (χ3n) is 3.51. The van der Waals surface area contributed by atoms with Crippen LogP contribution in [0.2, 0.25) is 0 Å². The van der Waals surface area contributed by atoms with Gasteiger partial charge in [-0.05, 0) is 11.6 Å². The number of fused-ring (bicyclic) bond motifs is 1. The molecule has 0 spiro atoms. The average molecular weight is 246 g/mol. The lowest BCUT2D eigenvalue weighted by atomic mass is 10.1. The van der Waals surface area contributed by atoms with E-state index >= 15 is 0 Å². The summed E-state index contributed by atoms with van der Waals surface area (Å²) in [7, 11) is 3.77. The molecule has 1 fully saturated rings. The topological polar surface area (TPSA) is 35.4 Å². The molecule has 18 heavy (non-hydrogen) atoms. The Morgan fingerprint density at radius 2 is 2.33 bits per heavy atom. The van der Waals surface area contributed by atoms with Crippen LogP contribution in [0.5, 0.6) is 5.75 Å². The van der Waals surface area contributed by atoms with Crippen LogP contribution in [0.3, 0.4) is 0 Å². The fourth-order valence-corrected chi connectivity index (χ4v) is 2.67. The normalized spacial score (nSPS) is 20.2. The maximum absolute atomic E-state index is 5.55. The summed E-state index contributed by atoms with van der Waals surface area (Å²) in [5, 5.41) is 4.74. The van der Waals surface area contributed by atoms with Crippen molar-refractivity contribution in [2.45, 2.75) is 6.04 Å². The Balaban J connectivity index is 2.12. The predicted molar refractivity (Wildman–Crippen MR) is 71.0 cm³/mol. The van der Waals surface area contributed by atoms with E-state index in [0.717, 1.165) is 31.0 Å². The summed E-state index contributed by atoms with van der Waals surface area (Å²) >= 11 is 0. The monoisotopic (exact) mass is 246 g/mol. The molecule has 2 aromatic rings. The van der Waals surface area contributed by atoms with Crippen molar-refractivity contribution in [1.29, 1.82) is 0 Å². The molecule has 1 saturated heterocycles. The van der Waals surface area contributed by atoms with Gasteiger partial charge in [0.15, 0.2) is 0 Å². The minimum Gasteiger partial charge on any atom is -0.495 e. The first-order valence-corrected chi connectivity index (χ1v) is 6.24. The summed E-state index contributed by atoms with van der Waals surface area (Å²) in [6.07, 6.45) is 2.17. The van der Waals surface area contributed by atoms with Crippen molar-refractivity contribution in [3.8, 4) is 5.75 Å². The highest BCUT2D eigenvalue weighted by atomic mass is 16.5. The number of hydrogen-bond donors (Lipinski definition) is 1. The van der Waals surface area contributed by atoms with E-state index in [1.54, 1.807) is 7.11 Å². The van der Waals surface area contributed by atoms with Crippen molar-refractivity contribution < 1.29 is 9.47 Å². The van der Waals surface area contributed by atoms with Crippen molar-refractivity contribution >= 4 is 10.9 Å². The van der Waals surface area contributed by atoms with Crippen LogP contribution >= 0.6 is 0 Å². The quantitative estimate of drug-likeness (QED) is 0.878. The molecule has 0 amide bonds. The Morgan fingerprint density at radius 3 is 3.06 bits per heavy atom. The van der Waals surface area contributed by atoms with Crippen LogP contribution in [0.4, 0.5) is 0 Å². The Hall–Kier alpha value is -1.52. The van der Waals surface area contributed by atoms with E-state index in [0.29, 0.717) is 0 Å². The van der Waals surface area contributed by atoms with E-state index in [4.69, 9.17) is 9.47 Å². The molecule has 1 aliphatic rings. The van der Waals surface area contributed by atoms with Crippen molar-refractivity contribution in [1.82, 2.24) is 9.88 Å². The average Bonchev–Trinajstić information content (AvgIpc) is 2.77. The summed E-state index contributed by atoms with van der Waals surface area (Å²) in [5.74, 6) is 0.915. The van der Waals surface area contributed by atoms with Crippen molar-refractivity contribution in [3.63, 3.8) is 0 Å².